The number of phenolic OH excluding ortho intramolecular Hbond substituents is 1. The minimum Gasteiger partial charge on any atom is -0.504 e. The third-order valence-corrected chi connectivity index (χ3v) is 3.49. The summed E-state index contributed by atoms with van der Waals surface area (Å²) in [6.07, 6.45) is 0.910. The highest BCUT2D eigenvalue weighted by Crippen LogP contribution is 2.34. The van der Waals surface area contributed by atoms with Crippen molar-refractivity contribution in [1.82, 2.24) is 10.6 Å². The summed E-state index contributed by atoms with van der Waals surface area (Å²) in [5.74, 6) is 1.53. The van der Waals surface area contributed by atoms with Crippen LogP contribution >= 0.6 is 0 Å². The molecule has 0 aliphatic carbocycles. The zero-order valence-electron chi connectivity index (χ0n) is 13.3. The quantitative estimate of drug-likeness (QED) is 0.665. The van der Waals surface area contributed by atoms with Gasteiger partial charge in [-0.25, -0.2) is 0 Å². The predicted octanol–water partition coefficient (Wildman–Crippen LogP) is 1.46. The van der Waals surface area contributed by atoms with Crippen LogP contribution in [0.1, 0.15) is 24.9 Å². The maximum atomic E-state index is 10.4. The molecule has 0 fully saturated rings. The highest BCUT2D eigenvalue weighted by atomic mass is 16.5. The number of aliphatic imine (C=N–C) groups is 1. The molecule has 1 aliphatic rings. The van der Waals surface area contributed by atoms with Gasteiger partial charge in [0.1, 0.15) is 5.84 Å². The maximum absolute atomic E-state index is 10.4. The zero-order valence-corrected chi connectivity index (χ0v) is 13.3. The molecule has 0 spiro atoms. The molecule has 122 valence electrons. The Morgan fingerprint density at radius 2 is 2.32 bits per heavy atom. The van der Waals surface area contributed by atoms with E-state index >= 15 is 0 Å². The van der Waals surface area contributed by atoms with Gasteiger partial charge in [0, 0.05) is 32.4 Å². The Balaban J connectivity index is 2.13. The third-order valence-electron chi connectivity index (χ3n) is 3.49. The number of benzene rings is 1. The molecule has 1 aromatic carbocycles. The Bertz CT molecular complexity index is 505. The van der Waals surface area contributed by atoms with Gasteiger partial charge in [-0.2, -0.15) is 0 Å². The van der Waals surface area contributed by atoms with Crippen LogP contribution in [0, 0.1) is 0 Å². The number of nitrogens with one attached hydrogen (secondary N) is 2. The Morgan fingerprint density at radius 3 is 3.09 bits per heavy atom. The topological polar surface area (TPSA) is 75.1 Å². The van der Waals surface area contributed by atoms with Crippen molar-refractivity contribution in [2.75, 3.05) is 40.0 Å². The first kappa shape index (κ1) is 16.6. The van der Waals surface area contributed by atoms with Gasteiger partial charge in [-0.05, 0) is 19.4 Å². The van der Waals surface area contributed by atoms with Gasteiger partial charge in [0.05, 0.1) is 19.2 Å². The summed E-state index contributed by atoms with van der Waals surface area (Å²) >= 11 is 0. The number of methoxy groups -OCH3 is 1. The van der Waals surface area contributed by atoms with Crippen molar-refractivity contribution in [1.29, 1.82) is 0 Å². The van der Waals surface area contributed by atoms with E-state index in [1.165, 1.54) is 0 Å². The lowest BCUT2D eigenvalue weighted by atomic mass is 10.0. The van der Waals surface area contributed by atoms with Crippen LogP contribution in [0.3, 0.4) is 0 Å². The fraction of sp³-hybridized carbons (Fsp3) is 0.562. The van der Waals surface area contributed by atoms with E-state index in [1.807, 2.05) is 19.1 Å². The van der Waals surface area contributed by atoms with Gasteiger partial charge in [0.2, 0.25) is 0 Å². The lowest BCUT2D eigenvalue weighted by molar-refractivity contribution is 0.195. The Labute approximate surface area is 131 Å². The standard InChI is InChI=1S/C16H25N3O3/c1-3-22-13-7-4-6-12(15(13)20)14-16(19-10-9-17-14)18-8-5-11-21-2/h4,6-7,14,17,20H,3,5,8-11H2,1-2H3,(H,18,19). The van der Waals surface area contributed by atoms with Gasteiger partial charge in [0.25, 0.3) is 0 Å². The van der Waals surface area contributed by atoms with Gasteiger partial charge < -0.3 is 25.2 Å². The Morgan fingerprint density at radius 1 is 1.45 bits per heavy atom. The molecule has 0 saturated carbocycles. The molecular weight excluding hydrogens is 282 g/mol. The molecule has 2 rings (SSSR count). The van der Waals surface area contributed by atoms with Crippen LogP contribution in [0.15, 0.2) is 23.2 Å². The monoisotopic (exact) mass is 307 g/mol. The number of para-hydroxylation sites is 1. The predicted molar refractivity (Wildman–Crippen MR) is 86.8 cm³/mol. The minimum atomic E-state index is -0.142. The summed E-state index contributed by atoms with van der Waals surface area (Å²) in [5, 5.41) is 17.2. The Hall–Kier alpha value is -1.79. The van der Waals surface area contributed by atoms with Crippen molar-refractivity contribution >= 4 is 5.84 Å². The number of aromatic hydroxyl groups is 1. The van der Waals surface area contributed by atoms with E-state index in [4.69, 9.17) is 9.47 Å². The van der Waals surface area contributed by atoms with E-state index in [1.54, 1.807) is 13.2 Å². The van der Waals surface area contributed by atoms with E-state index < -0.39 is 0 Å². The average molecular weight is 307 g/mol. The summed E-state index contributed by atoms with van der Waals surface area (Å²) in [7, 11) is 1.69. The van der Waals surface area contributed by atoms with Crippen molar-refractivity contribution in [3.8, 4) is 11.5 Å². The Kier molecular flexibility index (Phi) is 6.48. The molecule has 3 N–H and O–H groups in total. The number of ether oxygens (including phenoxy) is 2. The van der Waals surface area contributed by atoms with Crippen LogP contribution in [0.5, 0.6) is 11.5 Å². The van der Waals surface area contributed by atoms with Gasteiger partial charge in [-0.3, -0.25) is 4.99 Å². The molecule has 6 nitrogen and oxygen atoms in total. The molecule has 0 saturated heterocycles. The number of hydrogen-bond donors (Lipinski definition) is 3. The first-order valence-corrected chi connectivity index (χ1v) is 7.73. The molecule has 6 heteroatoms. The molecule has 1 atom stereocenters. The van der Waals surface area contributed by atoms with Gasteiger partial charge >= 0.3 is 0 Å². The highest BCUT2D eigenvalue weighted by molar-refractivity contribution is 5.90. The smallest absolute Gasteiger partial charge is 0.163 e. The average Bonchev–Trinajstić information content (AvgIpc) is 2.54. The van der Waals surface area contributed by atoms with Crippen molar-refractivity contribution in [3.05, 3.63) is 23.8 Å². The van der Waals surface area contributed by atoms with Crippen LogP contribution in [-0.2, 0) is 4.74 Å². The molecule has 0 radical (unpaired) electrons. The lowest BCUT2D eigenvalue weighted by Gasteiger charge is -2.27. The maximum Gasteiger partial charge on any atom is 0.163 e. The lowest BCUT2D eigenvalue weighted by Crippen LogP contribution is -2.43. The number of amidine groups is 1. The van der Waals surface area contributed by atoms with E-state index in [9.17, 15) is 5.11 Å². The summed E-state index contributed by atoms with van der Waals surface area (Å²) in [5.41, 5.74) is 0.781. The van der Waals surface area contributed by atoms with Crippen molar-refractivity contribution in [2.45, 2.75) is 19.4 Å². The molecule has 1 aromatic rings. The largest absolute Gasteiger partial charge is 0.504 e. The fourth-order valence-corrected chi connectivity index (χ4v) is 2.47. The number of hydrogen-bond acceptors (Lipinski definition) is 6. The summed E-state index contributed by atoms with van der Waals surface area (Å²) in [6.45, 7) is 5.43. The van der Waals surface area contributed by atoms with Crippen molar-refractivity contribution < 1.29 is 14.6 Å². The molecule has 1 heterocycles. The summed E-state index contributed by atoms with van der Waals surface area (Å²) in [4.78, 5) is 4.55. The van der Waals surface area contributed by atoms with Crippen LogP contribution in [-0.4, -0.2) is 50.9 Å². The van der Waals surface area contributed by atoms with E-state index in [0.29, 0.717) is 19.0 Å². The normalized spacial score (nSPS) is 17.9. The third kappa shape index (κ3) is 4.11. The molecule has 22 heavy (non-hydrogen) atoms. The first-order valence-electron chi connectivity index (χ1n) is 7.73. The number of phenols is 1. The van der Waals surface area contributed by atoms with Crippen LogP contribution in [0.2, 0.25) is 0 Å². The highest BCUT2D eigenvalue weighted by Gasteiger charge is 2.24. The minimum absolute atomic E-state index is 0.142. The molecule has 0 amide bonds. The number of rotatable bonds is 7. The molecule has 1 unspecified atom stereocenters. The molecule has 1 aliphatic heterocycles. The summed E-state index contributed by atoms with van der Waals surface area (Å²) < 4.78 is 10.5. The summed E-state index contributed by atoms with van der Waals surface area (Å²) in [6, 6.07) is 5.41. The van der Waals surface area contributed by atoms with E-state index in [2.05, 4.69) is 15.6 Å². The first-order chi connectivity index (χ1) is 10.8. The van der Waals surface area contributed by atoms with Crippen LogP contribution in [0.4, 0.5) is 0 Å². The van der Waals surface area contributed by atoms with Gasteiger partial charge in [0.15, 0.2) is 11.5 Å². The SMILES string of the molecule is CCOc1cccc(C2NCCN=C2NCCCOC)c1O. The van der Waals surface area contributed by atoms with Crippen LogP contribution < -0.4 is 15.4 Å². The number of nitrogens with zero attached hydrogens (tertiary/aromatic N) is 1. The van der Waals surface area contributed by atoms with E-state index in [-0.39, 0.29) is 11.8 Å². The fourth-order valence-electron chi connectivity index (χ4n) is 2.47. The zero-order chi connectivity index (χ0) is 15.8. The van der Waals surface area contributed by atoms with Gasteiger partial charge in [-0.15, -0.1) is 0 Å². The second-order valence-corrected chi connectivity index (χ2v) is 5.05. The second kappa shape index (κ2) is 8.60. The van der Waals surface area contributed by atoms with Crippen LogP contribution in [0.25, 0.3) is 0 Å². The van der Waals surface area contributed by atoms with Gasteiger partial charge in [-0.1, -0.05) is 12.1 Å². The molecule has 0 bridgehead atoms. The second-order valence-electron chi connectivity index (χ2n) is 5.05. The molecule has 0 aromatic heterocycles. The van der Waals surface area contributed by atoms with Crippen molar-refractivity contribution in [3.63, 3.8) is 0 Å². The van der Waals surface area contributed by atoms with Crippen molar-refractivity contribution in [2.24, 2.45) is 4.99 Å². The van der Waals surface area contributed by atoms with E-state index in [0.717, 1.165) is 37.5 Å². The molecular formula is C16H25N3O3.